The lowest BCUT2D eigenvalue weighted by Gasteiger charge is -2.31. The Morgan fingerprint density at radius 2 is 1.76 bits per heavy atom. The van der Waals surface area contributed by atoms with E-state index in [1.165, 1.54) is 41.6 Å². The van der Waals surface area contributed by atoms with Crippen LogP contribution in [0.3, 0.4) is 0 Å². The Balaban J connectivity index is 2.04. The van der Waals surface area contributed by atoms with Gasteiger partial charge in [-0.15, -0.1) is 0 Å². The van der Waals surface area contributed by atoms with Crippen LogP contribution in [0, 0.1) is 17.6 Å². The predicted octanol–water partition coefficient (Wildman–Crippen LogP) is 4.26. The summed E-state index contributed by atoms with van der Waals surface area (Å²) in [6.07, 6.45) is -3.66. The van der Waals surface area contributed by atoms with E-state index in [-0.39, 0.29) is 16.5 Å². The van der Waals surface area contributed by atoms with E-state index in [9.17, 15) is 31.5 Å². The summed E-state index contributed by atoms with van der Waals surface area (Å²) >= 11 is 0. The molecule has 6 nitrogen and oxygen atoms in total. The number of fused-ring (bicyclic) bond motifs is 1. The fraction of sp³-hybridized carbons (Fsp3) is 0.391. The van der Waals surface area contributed by atoms with Gasteiger partial charge in [0.2, 0.25) is 5.82 Å². The molecule has 1 aliphatic heterocycles. The molecule has 1 saturated heterocycles. The Morgan fingerprint density at radius 1 is 1.09 bits per heavy atom. The van der Waals surface area contributed by atoms with Crippen LogP contribution < -0.4 is 15.7 Å². The summed E-state index contributed by atoms with van der Waals surface area (Å²) in [6, 6.07) is 4.43. The molecule has 34 heavy (non-hydrogen) atoms. The summed E-state index contributed by atoms with van der Waals surface area (Å²) in [6.45, 7) is 2.17. The number of rotatable bonds is 3. The summed E-state index contributed by atoms with van der Waals surface area (Å²) in [4.78, 5) is 25.1. The highest BCUT2D eigenvalue weighted by molar-refractivity contribution is 5.77. The zero-order chi connectivity index (χ0) is 25.2. The molecule has 0 saturated carbocycles. The number of alkyl halides is 3. The second-order valence-electron chi connectivity index (χ2n) is 8.49. The molecule has 4 rings (SSSR count). The SMILES string of the molecule is COc1c([C@H]2[C@H](n3ccc(=O)c4c(=O)n(C)ccc43)O[C@@](C)(C(F)(F)F)[C@H]2C)ccc(F)c1F. The first-order chi connectivity index (χ1) is 15.8. The van der Waals surface area contributed by atoms with Crippen LogP contribution in [-0.4, -0.2) is 28.0 Å². The lowest BCUT2D eigenvalue weighted by molar-refractivity contribution is -0.280. The van der Waals surface area contributed by atoms with E-state index in [1.807, 2.05) is 0 Å². The zero-order valence-corrected chi connectivity index (χ0v) is 18.6. The van der Waals surface area contributed by atoms with Gasteiger partial charge >= 0.3 is 6.18 Å². The number of halogens is 5. The molecule has 0 unspecified atom stereocenters. The molecule has 2 aromatic heterocycles. The van der Waals surface area contributed by atoms with Gasteiger partial charge in [-0.3, -0.25) is 9.59 Å². The number of ether oxygens (including phenoxy) is 2. The fourth-order valence-electron chi connectivity index (χ4n) is 4.62. The molecule has 3 aromatic rings. The van der Waals surface area contributed by atoms with Crippen molar-refractivity contribution >= 4 is 10.9 Å². The highest BCUT2D eigenvalue weighted by atomic mass is 19.4. The lowest BCUT2D eigenvalue weighted by atomic mass is 9.78. The van der Waals surface area contributed by atoms with Crippen LogP contribution in [0.2, 0.25) is 0 Å². The summed E-state index contributed by atoms with van der Waals surface area (Å²) in [7, 11) is 2.51. The first kappa shape index (κ1) is 23.9. The van der Waals surface area contributed by atoms with Crippen molar-refractivity contribution in [3.05, 3.63) is 74.4 Å². The number of pyridine rings is 2. The second-order valence-corrected chi connectivity index (χ2v) is 8.49. The van der Waals surface area contributed by atoms with Crippen molar-refractivity contribution < 1.29 is 31.4 Å². The number of nitrogens with zero attached hydrogens (tertiary/aromatic N) is 2. The van der Waals surface area contributed by atoms with E-state index >= 15 is 0 Å². The third kappa shape index (κ3) is 3.32. The van der Waals surface area contributed by atoms with Crippen molar-refractivity contribution in [2.24, 2.45) is 13.0 Å². The Labute approximate surface area is 190 Å². The molecule has 0 bridgehead atoms. The second kappa shape index (κ2) is 7.93. The van der Waals surface area contributed by atoms with Gasteiger partial charge in [-0.25, -0.2) is 4.39 Å². The van der Waals surface area contributed by atoms with Crippen LogP contribution in [0.4, 0.5) is 22.0 Å². The van der Waals surface area contributed by atoms with Gasteiger partial charge in [-0.1, -0.05) is 13.0 Å². The number of aryl methyl sites for hydroxylation is 1. The largest absolute Gasteiger partial charge is 0.493 e. The monoisotopic (exact) mass is 484 g/mol. The minimum atomic E-state index is -4.82. The molecule has 0 aliphatic carbocycles. The van der Waals surface area contributed by atoms with E-state index < -0.39 is 58.2 Å². The zero-order valence-electron chi connectivity index (χ0n) is 18.6. The Bertz CT molecular complexity index is 1400. The van der Waals surface area contributed by atoms with Crippen molar-refractivity contribution in [1.29, 1.82) is 0 Å². The summed E-state index contributed by atoms with van der Waals surface area (Å²) in [5.74, 6) is -5.59. The highest BCUT2D eigenvalue weighted by Gasteiger charge is 2.65. The molecule has 0 spiro atoms. The minimum Gasteiger partial charge on any atom is -0.493 e. The first-order valence-electron chi connectivity index (χ1n) is 10.3. The van der Waals surface area contributed by atoms with Gasteiger partial charge in [0.15, 0.2) is 22.6 Å². The number of aromatic nitrogens is 2. The molecular formula is C23H21F5N2O4. The van der Waals surface area contributed by atoms with Gasteiger partial charge in [0, 0.05) is 42.9 Å². The molecular weight excluding hydrogens is 463 g/mol. The molecule has 1 aromatic carbocycles. The number of methoxy groups -OCH3 is 1. The molecule has 0 amide bonds. The predicted molar refractivity (Wildman–Crippen MR) is 113 cm³/mol. The van der Waals surface area contributed by atoms with Crippen LogP contribution in [0.25, 0.3) is 10.9 Å². The van der Waals surface area contributed by atoms with Gasteiger partial charge in [0.05, 0.1) is 12.6 Å². The van der Waals surface area contributed by atoms with Crippen molar-refractivity contribution in [2.45, 2.75) is 37.8 Å². The molecule has 4 atom stereocenters. The number of hydrogen-bond donors (Lipinski definition) is 0. The maximum Gasteiger partial charge on any atom is 0.417 e. The maximum atomic E-state index is 14.5. The van der Waals surface area contributed by atoms with Crippen LogP contribution in [0.15, 0.2) is 46.2 Å². The van der Waals surface area contributed by atoms with Crippen molar-refractivity contribution in [1.82, 2.24) is 9.13 Å². The summed E-state index contributed by atoms with van der Waals surface area (Å²) < 4.78 is 84.1. The Hall–Kier alpha value is -3.21. The van der Waals surface area contributed by atoms with Crippen molar-refractivity contribution in [3.63, 3.8) is 0 Å². The van der Waals surface area contributed by atoms with Gasteiger partial charge in [-0.2, -0.15) is 17.6 Å². The lowest BCUT2D eigenvalue weighted by Crippen LogP contribution is -2.46. The topological polar surface area (TPSA) is 62.5 Å². The minimum absolute atomic E-state index is 0.0393. The third-order valence-corrected chi connectivity index (χ3v) is 6.72. The average molecular weight is 484 g/mol. The van der Waals surface area contributed by atoms with Crippen LogP contribution in [-0.2, 0) is 11.8 Å². The van der Waals surface area contributed by atoms with E-state index in [0.717, 1.165) is 32.2 Å². The van der Waals surface area contributed by atoms with Gasteiger partial charge in [0.25, 0.3) is 5.56 Å². The molecule has 3 heterocycles. The summed E-state index contributed by atoms with van der Waals surface area (Å²) in [5, 5.41) is -0.236. The van der Waals surface area contributed by atoms with E-state index in [1.54, 1.807) is 0 Å². The maximum absolute atomic E-state index is 14.5. The van der Waals surface area contributed by atoms with Gasteiger partial charge < -0.3 is 18.6 Å². The third-order valence-electron chi connectivity index (χ3n) is 6.72. The summed E-state index contributed by atoms with van der Waals surface area (Å²) in [5.41, 5.74) is -3.93. The van der Waals surface area contributed by atoms with Crippen LogP contribution in [0.5, 0.6) is 5.75 Å². The Morgan fingerprint density at radius 3 is 2.38 bits per heavy atom. The molecule has 11 heteroatoms. The standard InChI is InChI=1S/C23H21F5N2O4/c1-11-16(12-5-6-13(24)18(25)19(12)33-4)21(34-22(11,2)23(26,27)28)30-10-8-15(31)17-14(30)7-9-29(3)20(17)32/h5-11,16,21H,1-4H3/t11-,16-,21+,22+/m0/s1. The van der Waals surface area contributed by atoms with Gasteiger partial charge in [-0.05, 0) is 19.1 Å². The van der Waals surface area contributed by atoms with E-state index in [4.69, 9.17) is 9.47 Å². The normalized spacial score (nSPS) is 25.1. The van der Waals surface area contributed by atoms with Crippen molar-refractivity contribution in [2.75, 3.05) is 7.11 Å². The Kier molecular flexibility index (Phi) is 5.58. The highest BCUT2D eigenvalue weighted by Crippen LogP contribution is 2.58. The number of benzene rings is 1. The fourth-order valence-corrected chi connectivity index (χ4v) is 4.62. The average Bonchev–Trinajstić information content (AvgIpc) is 3.04. The smallest absolute Gasteiger partial charge is 0.417 e. The van der Waals surface area contributed by atoms with E-state index in [2.05, 4.69) is 0 Å². The van der Waals surface area contributed by atoms with Crippen LogP contribution >= 0.6 is 0 Å². The van der Waals surface area contributed by atoms with Crippen molar-refractivity contribution in [3.8, 4) is 5.75 Å². The van der Waals surface area contributed by atoms with E-state index in [0.29, 0.717) is 0 Å². The van der Waals surface area contributed by atoms with Crippen LogP contribution in [0.1, 0.15) is 31.6 Å². The molecule has 0 N–H and O–H groups in total. The molecule has 182 valence electrons. The molecule has 0 radical (unpaired) electrons. The molecule has 1 fully saturated rings. The quantitative estimate of drug-likeness (QED) is 0.522. The number of hydrogen-bond acceptors (Lipinski definition) is 4. The molecule has 1 aliphatic rings. The van der Waals surface area contributed by atoms with Gasteiger partial charge in [0.1, 0.15) is 11.6 Å². The first-order valence-corrected chi connectivity index (χ1v) is 10.3.